The molecule has 0 bridgehead atoms. The molecule has 0 spiro atoms. The Labute approximate surface area is 213 Å². The molecule has 1 saturated heterocycles. The molecule has 1 aromatic carbocycles. The van der Waals surface area contributed by atoms with Crippen LogP contribution in [0, 0.1) is 4.64 Å². The maximum absolute atomic E-state index is 11.9. The second-order valence-corrected chi connectivity index (χ2v) is 11.9. The minimum atomic E-state index is -5.70. The van der Waals surface area contributed by atoms with E-state index in [1.807, 2.05) is 0 Å². The van der Waals surface area contributed by atoms with Gasteiger partial charge in [-0.05, 0) is 23.6 Å². The molecule has 2 unspecified atom stereocenters. The molecule has 1 fully saturated rings. The Morgan fingerprint density at radius 1 is 0.972 bits per heavy atom. The van der Waals surface area contributed by atoms with Gasteiger partial charge in [0.15, 0.2) is 6.23 Å². The van der Waals surface area contributed by atoms with Gasteiger partial charge in [0.05, 0.1) is 6.61 Å². The highest BCUT2D eigenvalue weighted by atomic mass is 35.5. The van der Waals surface area contributed by atoms with Gasteiger partial charge < -0.3 is 57.5 Å². The average Bonchev–Trinajstić information content (AvgIpc) is 2.93. The van der Waals surface area contributed by atoms with E-state index in [2.05, 4.69) is 13.1 Å². The lowest BCUT2D eigenvalue weighted by molar-refractivity contribution is -0.0525. The molecule has 3 rings (SSSR count). The van der Waals surface area contributed by atoms with Crippen molar-refractivity contribution in [1.82, 2.24) is 23.0 Å². The van der Waals surface area contributed by atoms with Gasteiger partial charge in [-0.3, -0.25) is 4.52 Å². The van der Waals surface area contributed by atoms with E-state index in [-0.39, 0.29) is 23.1 Å². The van der Waals surface area contributed by atoms with E-state index in [9.17, 15) is 28.8 Å². The molecule has 17 nitrogen and oxygen atoms in total. The number of ether oxygens (including phenoxy) is 1. The van der Waals surface area contributed by atoms with E-state index < -0.39 is 54.6 Å². The van der Waals surface area contributed by atoms with Crippen LogP contribution in [0.15, 0.2) is 30.5 Å². The fourth-order valence-electron chi connectivity index (χ4n) is 2.99. The van der Waals surface area contributed by atoms with E-state index in [4.69, 9.17) is 43.2 Å². The first kappa shape index (κ1) is 35.3. The summed E-state index contributed by atoms with van der Waals surface area (Å²) in [5.74, 6) is 0. The summed E-state index contributed by atoms with van der Waals surface area (Å²) in [6.07, 6.45) is -4.41. The number of phosphoric ester groups is 1. The van der Waals surface area contributed by atoms with Crippen molar-refractivity contribution in [2.45, 2.75) is 24.5 Å². The summed E-state index contributed by atoms with van der Waals surface area (Å²) in [6.45, 7) is -0.939. The molecule has 6 atom stereocenters. The van der Waals surface area contributed by atoms with Crippen LogP contribution in [0.1, 0.15) is 6.23 Å². The first-order valence-corrected chi connectivity index (χ1v) is 14.0. The molecule has 0 radical (unpaired) electrons. The van der Waals surface area contributed by atoms with Crippen molar-refractivity contribution in [3.05, 3.63) is 40.1 Å². The monoisotopic (exact) mass is 618 g/mol. The average molecular weight is 619 g/mol. The second kappa shape index (κ2) is 12.9. The van der Waals surface area contributed by atoms with Gasteiger partial charge in [0.2, 0.25) is 0 Å². The van der Waals surface area contributed by atoms with Gasteiger partial charge in [-0.15, -0.1) is 0 Å². The van der Waals surface area contributed by atoms with Gasteiger partial charge in [-0.2, -0.15) is 8.62 Å². The molecule has 0 aliphatic carbocycles. The van der Waals surface area contributed by atoms with Crippen LogP contribution in [0.2, 0.25) is 5.02 Å². The third-order valence-electron chi connectivity index (χ3n) is 4.32. The minimum absolute atomic E-state index is 0. The van der Waals surface area contributed by atoms with Crippen LogP contribution < -0.4 is 18.5 Å². The van der Waals surface area contributed by atoms with Crippen molar-refractivity contribution in [1.29, 1.82) is 0 Å². The molecule has 208 valence electrons. The molecule has 1 aliphatic heterocycles. The predicted octanol–water partition coefficient (Wildman–Crippen LogP) is 2.47. The summed E-state index contributed by atoms with van der Waals surface area (Å²) in [7, 11) is -16.7. The molecular weight excluding hydrogens is 593 g/mol. The number of aliphatic hydroxyl groups is 2. The molecular formula is C14H26ClN4O13P3S. The summed E-state index contributed by atoms with van der Waals surface area (Å²) in [5, 5.41) is 22.4. The number of fused-ring (bicyclic) bond motifs is 1. The van der Waals surface area contributed by atoms with Gasteiger partial charge in [0.1, 0.15) is 23.0 Å². The van der Waals surface area contributed by atoms with Crippen LogP contribution in [0.4, 0.5) is 0 Å². The van der Waals surface area contributed by atoms with Gasteiger partial charge in [0.25, 0.3) is 0 Å². The number of pyridine rings is 1. The second-order valence-electron chi connectivity index (χ2n) is 6.69. The zero-order chi connectivity index (χ0) is 24.8. The van der Waals surface area contributed by atoms with Crippen molar-refractivity contribution in [2.75, 3.05) is 6.61 Å². The van der Waals surface area contributed by atoms with E-state index >= 15 is 0 Å². The molecule has 1 aromatic heterocycles. The fraction of sp³-hybridized carbons (Fsp3) is 0.357. The Morgan fingerprint density at radius 3 is 2.17 bits per heavy atom. The first-order valence-electron chi connectivity index (χ1n) is 8.69. The zero-order valence-electron chi connectivity index (χ0n) is 18.1. The number of hydrogen-bond donors (Lipinski definition) is 9. The van der Waals surface area contributed by atoms with Gasteiger partial charge in [-0.25, -0.2) is 13.7 Å². The standard InChI is InChI=1S/C14H17ClNO13P3S.3H3N/c15-8-2-1-7-3-4-16(14(33)9(7)5-8)13-12(18)11(17)10(27-13)6-26-31(22,23)29-32(24,25)28-30(19,20)21;;;/h1-5,10-13,17-18H,6H2,(H,22,23)(H,24,25)(H2,19,20,21);3*1H3/t10-,11+,12+,13-;;;/m0.../s1. The maximum atomic E-state index is 11.9. The largest absolute Gasteiger partial charge is 0.490 e. The SMILES string of the molecule is N.N.N.O=P(O)(O)OP(=O)(O)OP(=O)(O)OC[C@@H]1O[C@H](n2ccc3ccc(Cl)cc3c2=S)[C@H](O)[C@@H]1O. The number of halogens is 1. The Morgan fingerprint density at radius 2 is 1.58 bits per heavy atom. The predicted molar refractivity (Wildman–Crippen MR) is 129 cm³/mol. The Balaban J connectivity index is 0.00000408. The normalized spacial score (nSPS) is 25.1. The highest BCUT2D eigenvalue weighted by Crippen LogP contribution is 2.66. The van der Waals surface area contributed by atoms with Crippen molar-refractivity contribution in [3.8, 4) is 0 Å². The van der Waals surface area contributed by atoms with E-state index in [1.165, 1.54) is 10.8 Å². The summed E-state index contributed by atoms with van der Waals surface area (Å²) in [4.78, 5) is 35.7. The number of aliphatic hydroxyl groups excluding tert-OH is 2. The number of hydrogen-bond acceptors (Lipinski definition) is 13. The number of phosphoric acid groups is 3. The topological polar surface area (TPSA) is 319 Å². The third kappa shape index (κ3) is 8.68. The molecule has 0 amide bonds. The van der Waals surface area contributed by atoms with Crippen LogP contribution in [0.3, 0.4) is 0 Å². The number of benzene rings is 1. The highest BCUT2D eigenvalue weighted by molar-refractivity contribution is 7.71. The summed E-state index contributed by atoms with van der Waals surface area (Å²) < 4.78 is 52.6. The Kier molecular flexibility index (Phi) is 12.7. The van der Waals surface area contributed by atoms with Gasteiger partial charge in [0, 0.05) is 16.6 Å². The Hall–Kier alpha value is -0.690. The quantitative estimate of drug-likeness (QED) is 0.151. The molecule has 0 saturated carbocycles. The Bertz CT molecular complexity index is 1260. The lowest BCUT2D eigenvalue weighted by Gasteiger charge is -2.20. The number of rotatable bonds is 8. The molecule has 22 heteroatoms. The molecule has 2 heterocycles. The molecule has 1 aliphatic rings. The summed E-state index contributed by atoms with van der Waals surface area (Å²) in [6, 6.07) is 6.64. The summed E-state index contributed by atoms with van der Waals surface area (Å²) in [5.41, 5.74) is 0. The van der Waals surface area contributed by atoms with Crippen LogP contribution in [0.5, 0.6) is 0 Å². The molecule has 36 heavy (non-hydrogen) atoms. The smallest absolute Gasteiger partial charge is 0.387 e. The van der Waals surface area contributed by atoms with E-state index in [1.54, 1.807) is 24.3 Å². The fourth-order valence-corrected chi connectivity index (χ4v) is 6.54. The van der Waals surface area contributed by atoms with E-state index in [0.717, 1.165) is 5.39 Å². The lowest BCUT2D eigenvalue weighted by Crippen LogP contribution is -2.33. The van der Waals surface area contributed by atoms with Crippen LogP contribution in [-0.2, 0) is 31.6 Å². The van der Waals surface area contributed by atoms with Crippen molar-refractivity contribution < 1.29 is 61.4 Å². The highest BCUT2D eigenvalue weighted by Gasteiger charge is 2.46. The van der Waals surface area contributed by atoms with Gasteiger partial charge >= 0.3 is 23.5 Å². The number of nitrogens with zero attached hydrogens (tertiary/aromatic N) is 1. The van der Waals surface area contributed by atoms with E-state index in [0.29, 0.717) is 10.4 Å². The van der Waals surface area contributed by atoms with Crippen LogP contribution in [-0.4, -0.2) is 59.3 Å². The van der Waals surface area contributed by atoms with Crippen LogP contribution >= 0.6 is 47.3 Å². The molecule has 2 aromatic rings. The maximum Gasteiger partial charge on any atom is 0.490 e. The lowest BCUT2D eigenvalue weighted by atomic mass is 10.1. The number of aromatic nitrogens is 1. The van der Waals surface area contributed by atoms with Crippen LogP contribution in [0.25, 0.3) is 10.8 Å². The minimum Gasteiger partial charge on any atom is -0.387 e. The zero-order valence-corrected chi connectivity index (χ0v) is 22.4. The van der Waals surface area contributed by atoms with Crippen molar-refractivity contribution >= 4 is 58.1 Å². The van der Waals surface area contributed by atoms with Crippen molar-refractivity contribution in [3.63, 3.8) is 0 Å². The first-order chi connectivity index (χ1) is 15.1. The molecule has 15 N–H and O–H groups in total. The third-order valence-corrected chi connectivity index (χ3v) is 8.79. The van der Waals surface area contributed by atoms with Gasteiger partial charge in [-0.1, -0.05) is 29.9 Å². The summed E-state index contributed by atoms with van der Waals surface area (Å²) >= 11 is 11.4. The van der Waals surface area contributed by atoms with Crippen molar-refractivity contribution in [2.24, 2.45) is 0 Å².